The van der Waals surface area contributed by atoms with Crippen LogP contribution in [0.5, 0.6) is 0 Å². The Labute approximate surface area is 192 Å². The fourth-order valence-corrected chi connectivity index (χ4v) is 4.45. The number of anilines is 2. The van der Waals surface area contributed by atoms with E-state index >= 15 is 0 Å². The van der Waals surface area contributed by atoms with Crippen molar-refractivity contribution in [2.75, 3.05) is 32.6 Å². The molecule has 4 heterocycles. The number of pyridine rings is 2. The number of ether oxygens (including phenoxy) is 1. The minimum absolute atomic E-state index is 0.0417. The number of nitrogens with zero attached hydrogens (tertiary/aromatic N) is 5. The molecule has 1 unspecified atom stereocenters. The normalized spacial score (nSPS) is 16.2. The molecule has 170 valence electrons. The van der Waals surface area contributed by atoms with Gasteiger partial charge in [0.2, 0.25) is 0 Å². The van der Waals surface area contributed by atoms with E-state index in [-0.39, 0.29) is 11.9 Å². The van der Waals surface area contributed by atoms with E-state index in [1.807, 2.05) is 18.2 Å². The van der Waals surface area contributed by atoms with Gasteiger partial charge in [0, 0.05) is 43.2 Å². The maximum absolute atomic E-state index is 14.7. The number of fused-ring (bicyclic) bond motifs is 1. The maximum Gasteiger partial charge on any atom is 0.148 e. The summed E-state index contributed by atoms with van der Waals surface area (Å²) in [7, 11) is 3.91. The van der Waals surface area contributed by atoms with Gasteiger partial charge in [-0.05, 0) is 69.2 Å². The zero-order valence-corrected chi connectivity index (χ0v) is 18.8. The van der Waals surface area contributed by atoms with Crippen LogP contribution >= 0.6 is 0 Å². The van der Waals surface area contributed by atoms with Crippen LogP contribution in [-0.2, 0) is 4.74 Å². The second-order valence-corrected chi connectivity index (χ2v) is 8.54. The molecule has 1 atom stereocenters. The van der Waals surface area contributed by atoms with Crippen molar-refractivity contribution in [1.82, 2.24) is 24.6 Å². The molecule has 0 spiro atoms. The van der Waals surface area contributed by atoms with E-state index in [9.17, 15) is 4.39 Å². The summed E-state index contributed by atoms with van der Waals surface area (Å²) >= 11 is 0. The summed E-state index contributed by atoms with van der Waals surface area (Å²) in [6.07, 6.45) is 7.32. The molecule has 0 radical (unpaired) electrons. The smallest absolute Gasteiger partial charge is 0.148 e. The molecule has 1 aromatic carbocycles. The summed E-state index contributed by atoms with van der Waals surface area (Å²) in [6, 6.07) is 12.6. The number of rotatable bonds is 6. The highest BCUT2D eigenvalue weighted by molar-refractivity contribution is 5.81. The lowest BCUT2D eigenvalue weighted by atomic mass is 9.89. The predicted molar refractivity (Wildman–Crippen MR) is 126 cm³/mol. The number of hydrogen-bond acceptors (Lipinski definition) is 6. The third kappa shape index (κ3) is 4.58. The average molecular weight is 447 g/mol. The minimum atomic E-state index is -0.381. The Bertz CT molecular complexity index is 1240. The van der Waals surface area contributed by atoms with E-state index in [4.69, 9.17) is 9.72 Å². The fourth-order valence-electron chi connectivity index (χ4n) is 4.45. The molecule has 1 fully saturated rings. The number of piperidine rings is 1. The largest absolute Gasteiger partial charge is 0.375 e. The molecular formula is C25H27FN6O. The van der Waals surface area contributed by atoms with Gasteiger partial charge < -0.3 is 15.0 Å². The molecule has 5 rings (SSSR count). The van der Waals surface area contributed by atoms with Gasteiger partial charge in [-0.25, -0.2) is 19.0 Å². The number of benzene rings is 1. The summed E-state index contributed by atoms with van der Waals surface area (Å²) in [6.45, 7) is 2.14. The van der Waals surface area contributed by atoms with Gasteiger partial charge in [0.15, 0.2) is 0 Å². The van der Waals surface area contributed by atoms with Crippen molar-refractivity contribution in [2.24, 2.45) is 5.92 Å². The standard InChI is InChI=1S/C25H27FN6O/c1-31-12-8-17(9-13-31)25(33-2)22-6-4-18-16-27-24(15-23(18)29-22)30-21-7-5-19(14-20(21)26)32-11-3-10-28-32/h3-7,10-11,14-17,25H,8-9,12-13H2,1-2H3,(H,27,30). The highest BCUT2D eigenvalue weighted by Gasteiger charge is 2.27. The Kier molecular flexibility index (Phi) is 6.02. The molecule has 0 amide bonds. The first-order valence-electron chi connectivity index (χ1n) is 11.2. The van der Waals surface area contributed by atoms with Crippen molar-refractivity contribution < 1.29 is 9.13 Å². The van der Waals surface area contributed by atoms with Gasteiger partial charge in [-0.15, -0.1) is 0 Å². The van der Waals surface area contributed by atoms with Gasteiger partial charge >= 0.3 is 0 Å². The lowest BCUT2D eigenvalue weighted by molar-refractivity contribution is 0.0215. The van der Waals surface area contributed by atoms with Crippen molar-refractivity contribution >= 4 is 22.4 Å². The van der Waals surface area contributed by atoms with Gasteiger partial charge in [-0.3, -0.25) is 0 Å². The minimum Gasteiger partial charge on any atom is -0.375 e. The Hall–Kier alpha value is -3.36. The molecule has 7 nitrogen and oxygen atoms in total. The average Bonchev–Trinajstić information content (AvgIpc) is 3.37. The van der Waals surface area contributed by atoms with Gasteiger partial charge in [0.1, 0.15) is 17.7 Å². The number of hydrogen-bond donors (Lipinski definition) is 1. The number of likely N-dealkylation sites (tertiary alicyclic amines) is 1. The molecule has 8 heteroatoms. The maximum atomic E-state index is 14.7. The lowest BCUT2D eigenvalue weighted by Gasteiger charge is -2.33. The third-order valence-electron chi connectivity index (χ3n) is 6.32. The van der Waals surface area contributed by atoms with Crippen molar-refractivity contribution in [3.63, 3.8) is 0 Å². The van der Waals surface area contributed by atoms with Crippen molar-refractivity contribution in [2.45, 2.75) is 18.9 Å². The second-order valence-electron chi connectivity index (χ2n) is 8.54. The van der Waals surface area contributed by atoms with E-state index in [2.05, 4.69) is 27.3 Å². The zero-order chi connectivity index (χ0) is 22.8. The van der Waals surface area contributed by atoms with Crippen molar-refractivity contribution in [3.05, 3.63) is 72.6 Å². The van der Waals surface area contributed by atoms with Crippen LogP contribution in [0.3, 0.4) is 0 Å². The zero-order valence-electron chi connectivity index (χ0n) is 18.8. The first-order valence-corrected chi connectivity index (χ1v) is 11.2. The van der Waals surface area contributed by atoms with Gasteiger partial charge in [-0.2, -0.15) is 5.10 Å². The molecule has 0 bridgehead atoms. The van der Waals surface area contributed by atoms with Gasteiger partial charge in [-0.1, -0.05) is 0 Å². The highest BCUT2D eigenvalue weighted by atomic mass is 19.1. The first-order chi connectivity index (χ1) is 16.1. The molecule has 1 saturated heterocycles. The van der Waals surface area contributed by atoms with Crippen LogP contribution in [0, 0.1) is 11.7 Å². The molecule has 4 aromatic rings. The van der Waals surface area contributed by atoms with Crippen LogP contribution in [0.2, 0.25) is 0 Å². The number of aromatic nitrogens is 4. The third-order valence-corrected chi connectivity index (χ3v) is 6.32. The topological polar surface area (TPSA) is 68.1 Å². The Morgan fingerprint density at radius 1 is 1.15 bits per heavy atom. The van der Waals surface area contributed by atoms with Crippen LogP contribution in [0.15, 0.2) is 61.1 Å². The van der Waals surface area contributed by atoms with Crippen LogP contribution in [0.1, 0.15) is 24.6 Å². The van der Waals surface area contributed by atoms with Crippen molar-refractivity contribution in [1.29, 1.82) is 0 Å². The van der Waals surface area contributed by atoms with Crippen LogP contribution in [0.25, 0.3) is 16.6 Å². The van der Waals surface area contributed by atoms with Crippen molar-refractivity contribution in [3.8, 4) is 5.69 Å². The molecule has 3 aromatic heterocycles. The SMILES string of the molecule is COC(c1ccc2cnc(Nc3ccc(-n4cccn4)cc3F)cc2n1)C1CCN(C)CC1. The fraction of sp³-hybridized carbons (Fsp3) is 0.320. The summed E-state index contributed by atoms with van der Waals surface area (Å²) in [5, 5.41) is 8.14. The summed E-state index contributed by atoms with van der Waals surface area (Å²) < 4.78 is 22.2. The van der Waals surface area contributed by atoms with Crippen LogP contribution < -0.4 is 5.32 Å². The lowest BCUT2D eigenvalue weighted by Crippen LogP contribution is -2.33. The first kappa shape index (κ1) is 21.5. The Morgan fingerprint density at radius 2 is 2.00 bits per heavy atom. The summed E-state index contributed by atoms with van der Waals surface area (Å²) in [4.78, 5) is 11.7. The van der Waals surface area contributed by atoms with E-state index in [0.717, 1.165) is 42.5 Å². The predicted octanol–water partition coefficient (Wildman–Crippen LogP) is 4.73. The van der Waals surface area contributed by atoms with Gasteiger partial charge in [0.05, 0.1) is 22.6 Å². The monoisotopic (exact) mass is 446 g/mol. The van der Waals surface area contributed by atoms with E-state index in [1.54, 1.807) is 48.6 Å². The Morgan fingerprint density at radius 3 is 2.73 bits per heavy atom. The number of nitrogens with one attached hydrogen (secondary N) is 1. The Balaban J connectivity index is 1.39. The quantitative estimate of drug-likeness (QED) is 0.462. The molecule has 1 aliphatic rings. The van der Waals surface area contributed by atoms with E-state index in [0.29, 0.717) is 23.1 Å². The van der Waals surface area contributed by atoms with Gasteiger partial charge in [0.25, 0.3) is 0 Å². The van der Waals surface area contributed by atoms with E-state index < -0.39 is 0 Å². The van der Waals surface area contributed by atoms with E-state index in [1.165, 1.54) is 6.07 Å². The highest BCUT2D eigenvalue weighted by Crippen LogP contribution is 2.33. The molecule has 1 aliphatic heterocycles. The molecule has 0 saturated carbocycles. The summed E-state index contributed by atoms with van der Waals surface area (Å²) in [5.74, 6) is 0.595. The molecular weight excluding hydrogens is 419 g/mol. The number of halogens is 1. The van der Waals surface area contributed by atoms with Crippen LogP contribution in [0.4, 0.5) is 15.9 Å². The number of methoxy groups -OCH3 is 1. The summed E-state index contributed by atoms with van der Waals surface area (Å²) in [5.41, 5.74) is 2.72. The second kappa shape index (κ2) is 9.25. The molecule has 0 aliphatic carbocycles. The molecule has 1 N–H and O–H groups in total. The van der Waals surface area contributed by atoms with Crippen LogP contribution in [-0.4, -0.2) is 51.9 Å². The molecule has 33 heavy (non-hydrogen) atoms.